The Morgan fingerprint density at radius 1 is 0.968 bits per heavy atom. The first-order valence-corrected chi connectivity index (χ1v) is 10.6. The highest BCUT2D eigenvalue weighted by atomic mass is 35.5. The van der Waals surface area contributed by atoms with E-state index in [4.69, 9.17) is 23.2 Å². The van der Waals surface area contributed by atoms with Crippen LogP contribution in [0, 0.1) is 0 Å². The van der Waals surface area contributed by atoms with E-state index in [1.54, 1.807) is 16.8 Å². The molecule has 162 valence electrons. The van der Waals surface area contributed by atoms with Gasteiger partial charge in [-0.3, -0.25) is 14.5 Å². The molecule has 0 aliphatic carbocycles. The fraction of sp³-hybridized carbons (Fsp3) is 0.273. The average Bonchev–Trinajstić information content (AvgIpc) is 3.08. The van der Waals surface area contributed by atoms with E-state index in [2.05, 4.69) is 4.90 Å². The fourth-order valence-corrected chi connectivity index (χ4v) is 4.47. The molecule has 9 heteroatoms. The molecule has 0 amide bonds. The minimum atomic E-state index is -0.977. The van der Waals surface area contributed by atoms with E-state index in [0.29, 0.717) is 47.3 Å². The SMILES string of the molecule is O=C(O)Cn1cc(C(C(=O)O)N2CCN(c3ccc(Cl)c(Cl)c3)CC2)c2ccccc21. The number of aromatic nitrogens is 1. The number of fused-ring (bicyclic) bond motifs is 1. The summed E-state index contributed by atoms with van der Waals surface area (Å²) >= 11 is 12.1. The molecule has 0 spiro atoms. The Hall–Kier alpha value is -2.74. The summed E-state index contributed by atoms with van der Waals surface area (Å²) in [4.78, 5) is 27.6. The number of carbonyl (C=O) groups is 2. The predicted octanol–water partition coefficient (Wildman–Crippen LogP) is 3.98. The van der Waals surface area contributed by atoms with E-state index in [0.717, 1.165) is 11.1 Å². The van der Waals surface area contributed by atoms with Gasteiger partial charge in [-0.1, -0.05) is 41.4 Å². The molecule has 2 heterocycles. The molecule has 1 aromatic heterocycles. The van der Waals surface area contributed by atoms with Gasteiger partial charge in [-0.05, 0) is 24.3 Å². The third kappa shape index (κ3) is 4.35. The van der Waals surface area contributed by atoms with Crippen molar-refractivity contribution in [2.45, 2.75) is 12.6 Å². The molecule has 1 unspecified atom stereocenters. The summed E-state index contributed by atoms with van der Waals surface area (Å²) in [6.07, 6.45) is 1.66. The van der Waals surface area contributed by atoms with Crippen molar-refractivity contribution in [1.29, 1.82) is 0 Å². The first-order chi connectivity index (χ1) is 14.8. The van der Waals surface area contributed by atoms with Crippen molar-refractivity contribution in [2.24, 2.45) is 0 Å². The standard InChI is InChI=1S/C22H21Cl2N3O4/c23-17-6-5-14(11-18(17)24)25-7-9-26(10-8-25)21(22(30)31)16-12-27(13-20(28)29)19-4-2-1-3-15(16)19/h1-6,11-12,21H,7-10,13H2,(H,28,29)(H,30,31). The number of halogens is 2. The zero-order valence-electron chi connectivity index (χ0n) is 16.5. The second-order valence-electron chi connectivity index (χ2n) is 7.49. The lowest BCUT2D eigenvalue weighted by Gasteiger charge is -2.38. The second-order valence-corrected chi connectivity index (χ2v) is 8.30. The van der Waals surface area contributed by atoms with E-state index in [1.165, 1.54) is 0 Å². The highest BCUT2D eigenvalue weighted by Gasteiger charge is 2.33. The Labute approximate surface area is 189 Å². The van der Waals surface area contributed by atoms with E-state index >= 15 is 0 Å². The molecule has 2 N–H and O–H groups in total. The first kappa shape index (κ1) is 21.5. The van der Waals surface area contributed by atoms with Gasteiger partial charge < -0.3 is 19.7 Å². The van der Waals surface area contributed by atoms with E-state index in [9.17, 15) is 19.8 Å². The number of hydrogen-bond donors (Lipinski definition) is 2. The maximum absolute atomic E-state index is 12.3. The highest BCUT2D eigenvalue weighted by Crippen LogP contribution is 2.33. The van der Waals surface area contributed by atoms with Gasteiger partial charge in [-0.25, -0.2) is 0 Å². The number of piperazine rings is 1. The van der Waals surface area contributed by atoms with Gasteiger partial charge in [-0.15, -0.1) is 0 Å². The maximum Gasteiger partial charge on any atom is 0.325 e. The van der Waals surface area contributed by atoms with Crippen molar-refractivity contribution in [2.75, 3.05) is 31.1 Å². The van der Waals surface area contributed by atoms with Crippen LogP contribution in [0.3, 0.4) is 0 Å². The molecule has 4 rings (SSSR count). The molecule has 2 aromatic carbocycles. The zero-order chi connectivity index (χ0) is 22.1. The van der Waals surface area contributed by atoms with Crippen LogP contribution in [0.15, 0.2) is 48.7 Å². The molecule has 1 atom stereocenters. The molecule has 0 bridgehead atoms. The van der Waals surface area contributed by atoms with Crippen molar-refractivity contribution < 1.29 is 19.8 Å². The van der Waals surface area contributed by atoms with Crippen LogP contribution >= 0.6 is 23.2 Å². The number of carboxylic acids is 2. The summed E-state index contributed by atoms with van der Waals surface area (Å²) < 4.78 is 1.59. The van der Waals surface area contributed by atoms with Crippen LogP contribution in [-0.2, 0) is 16.1 Å². The minimum Gasteiger partial charge on any atom is -0.480 e. The van der Waals surface area contributed by atoms with Crippen LogP contribution < -0.4 is 4.90 Å². The molecule has 31 heavy (non-hydrogen) atoms. The smallest absolute Gasteiger partial charge is 0.325 e. The van der Waals surface area contributed by atoms with Crippen molar-refractivity contribution in [1.82, 2.24) is 9.47 Å². The molecule has 1 aliphatic rings. The number of hydrogen-bond acceptors (Lipinski definition) is 4. The maximum atomic E-state index is 12.3. The van der Waals surface area contributed by atoms with E-state index in [1.807, 2.05) is 41.3 Å². The number of aliphatic carboxylic acids is 2. The zero-order valence-corrected chi connectivity index (χ0v) is 18.1. The van der Waals surface area contributed by atoms with Crippen LogP contribution in [-0.4, -0.2) is 57.8 Å². The molecule has 3 aromatic rings. The van der Waals surface area contributed by atoms with Crippen molar-refractivity contribution in [3.63, 3.8) is 0 Å². The van der Waals surface area contributed by atoms with Crippen LogP contribution in [0.5, 0.6) is 0 Å². The molecule has 0 saturated carbocycles. The number of carboxylic acid groups (broad SMARTS) is 2. The van der Waals surface area contributed by atoms with Crippen molar-refractivity contribution >= 4 is 51.7 Å². The molecular weight excluding hydrogens is 441 g/mol. The lowest BCUT2D eigenvalue weighted by Crippen LogP contribution is -2.49. The van der Waals surface area contributed by atoms with Gasteiger partial charge in [0.2, 0.25) is 0 Å². The molecule has 1 aliphatic heterocycles. The number of nitrogens with zero attached hydrogens (tertiary/aromatic N) is 3. The van der Waals surface area contributed by atoms with Crippen molar-refractivity contribution in [3.8, 4) is 0 Å². The number of benzene rings is 2. The van der Waals surface area contributed by atoms with Crippen LogP contribution in [0.4, 0.5) is 5.69 Å². The normalized spacial score (nSPS) is 15.9. The Kier molecular flexibility index (Phi) is 6.09. The molecule has 1 fully saturated rings. The highest BCUT2D eigenvalue weighted by molar-refractivity contribution is 6.42. The number of rotatable bonds is 6. The topological polar surface area (TPSA) is 86.0 Å². The largest absolute Gasteiger partial charge is 0.480 e. The Balaban J connectivity index is 1.60. The lowest BCUT2D eigenvalue weighted by molar-refractivity contribution is -0.143. The van der Waals surface area contributed by atoms with Gasteiger partial charge in [0.1, 0.15) is 12.6 Å². The Bertz CT molecular complexity index is 1140. The van der Waals surface area contributed by atoms with Gasteiger partial charge in [0.15, 0.2) is 0 Å². The summed E-state index contributed by atoms with van der Waals surface area (Å²) in [7, 11) is 0. The number of para-hydroxylation sites is 1. The van der Waals surface area contributed by atoms with Crippen LogP contribution in [0.25, 0.3) is 10.9 Å². The van der Waals surface area contributed by atoms with Gasteiger partial charge in [0, 0.05) is 54.5 Å². The van der Waals surface area contributed by atoms with E-state index < -0.39 is 18.0 Å². The quantitative estimate of drug-likeness (QED) is 0.577. The van der Waals surface area contributed by atoms with Crippen LogP contribution in [0.1, 0.15) is 11.6 Å². The molecule has 0 radical (unpaired) electrons. The Morgan fingerprint density at radius 3 is 2.32 bits per heavy atom. The Morgan fingerprint density at radius 2 is 1.68 bits per heavy atom. The van der Waals surface area contributed by atoms with Gasteiger partial charge in [-0.2, -0.15) is 0 Å². The van der Waals surface area contributed by atoms with Gasteiger partial charge in [0.05, 0.1) is 10.0 Å². The predicted molar refractivity (Wildman–Crippen MR) is 120 cm³/mol. The summed E-state index contributed by atoms with van der Waals surface area (Å²) in [5.41, 5.74) is 2.26. The van der Waals surface area contributed by atoms with Crippen molar-refractivity contribution in [3.05, 3.63) is 64.3 Å². The molecule has 1 saturated heterocycles. The minimum absolute atomic E-state index is 0.224. The second kappa shape index (κ2) is 8.78. The monoisotopic (exact) mass is 461 g/mol. The first-order valence-electron chi connectivity index (χ1n) is 9.81. The van der Waals surface area contributed by atoms with Gasteiger partial charge in [0.25, 0.3) is 0 Å². The van der Waals surface area contributed by atoms with Crippen LogP contribution in [0.2, 0.25) is 10.0 Å². The van der Waals surface area contributed by atoms with Gasteiger partial charge >= 0.3 is 11.9 Å². The fourth-order valence-electron chi connectivity index (χ4n) is 4.18. The summed E-state index contributed by atoms with van der Waals surface area (Å²) in [5.74, 6) is -1.93. The molecular formula is C22H21Cl2N3O4. The third-order valence-corrected chi connectivity index (χ3v) is 6.34. The van der Waals surface area contributed by atoms with E-state index in [-0.39, 0.29) is 6.54 Å². The third-order valence-electron chi connectivity index (χ3n) is 5.60. The lowest BCUT2D eigenvalue weighted by atomic mass is 10.0. The summed E-state index contributed by atoms with van der Waals surface area (Å²) in [6, 6.07) is 11.9. The summed E-state index contributed by atoms with van der Waals surface area (Å²) in [6.45, 7) is 2.12. The number of anilines is 1. The average molecular weight is 462 g/mol. The summed E-state index contributed by atoms with van der Waals surface area (Å²) in [5, 5.41) is 21.0. The molecule has 7 nitrogen and oxygen atoms in total.